The molecule has 2 aromatic carbocycles. The molecule has 2 fully saturated rings. The summed E-state index contributed by atoms with van der Waals surface area (Å²) in [5, 5.41) is 12.7. The Morgan fingerprint density at radius 3 is 2.58 bits per heavy atom. The number of fused-ring (bicyclic) bond motifs is 3. The molecular formula is C32H36N2O5S. The Morgan fingerprint density at radius 2 is 1.82 bits per heavy atom. The number of hydrogen-bond acceptors (Lipinski definition) is 6. The van der Waals surface area contributed by atoms with Gasteiger partial charge >= 0.3 is 5.97 Å². The van der Waals surface area contributed by atoms with Crippen molar-refractivity contribution >= 4 is 46.0 Å². The number of anilines is 1. The number of likely N-dealkylation sites (tertiary alicyclic amines) is 1. The monoisotopic (exact) mass is 560 g/mol. The van der Waals surface area contributed by atoms with Crippen molar-refractivity contribution < 1.29 is 24.2 Å². The van der Waals surface area contributed by atoms with Crippen LogP contribution in [0, 0.1) is 17.8 Å². The molecule has 2 aromatic rings. The van der Waals surface area contributed by atoms with Gasteiger partial charge in [0.25, 0.3) is 5.91 Å². The summed E-state index contributed by atoms with van der Waals surface area (Å²) in [4.78, 5) is 46.2. The first-order chi connectivity index (χ1) is 19.3. The van der Waals surface area contributed by atoms with Gasteiger partial charge in [0.2, 0.25) is 5.91 Å². The molecule has 8 heteroatoms. The number of thioether (sulfide) groups is 1. The third kappa shape index (κ3) is 3.94. The van der Waals surface area contributed by atoms with Crippen molar-refractivity contribution in [3.05, 3.63) is 66.8 Å². The van der Waals surface area contributed by atoms with E-state index in [9.17, 15) is 19.5 Å². The lowest BCUT2D eigenvalue weighted by Crippen LogP contribution is -2.58. The van der Waals surface area contributed by atoms with Crippen molar-refractivity contribution in [2.24, 2.45) is 17.8 Å². The van der Waals surface area contributed by atoms with Crippen LogP contribution in [0.2, 0.25) is 0 Å². The molecule has 210 valence electrons. The number of nitrogens with zero attached hydrogens (tertiary/aromatic N) is 2. The molecule has 0 saturated carbocycles. The van der Waals surface area contributed by atoms with Crippen LogP contribution in [0.15, 0.2) is 66.8 Å². The number of aliphatic hydroxyl groups is 1. The van der Waals surface area contributed by atoms with Gasteiger partial charge in [0.15, 0.2) is 0 Å². The van der Waals surface area contributed by atoms with Crippen LogP contribution in [0.1, 0.15) is 33.6 Å². The fourth-order valence-electron chi connectivity index (χ4n) is 7.18. The second kappa shape index (κ2) is 10.1. The third-order valence-electron chi connectivity index (χ3n) is 9.35. The SMILES string of the molecule is CC[C@H](C)[C@H](CO)N1C(=O)[C@@H]2[C@H]3C(=O)OCCC=C[C@@]3(C)S[C@@]23C=CCN(c2ccc4ccccc4c2)C(=O)C13. The summed E-state index contributed by atoms with van der Waals surface area (Å²) in [6, 6.07) is 12.5. The van der Waals surface area contributed by atoms with Crippen LogP contribution in [-0.4, -0.2) is 69.1 Å². The molecule has 1 spiro atoms. The summed E-state index contributed by atoms with van der Waals surface area (Å²) in [6.45, 7) is 6.35. The summed E-state index contributed by atoms with van der Waals surface area (Å²) < 4.78 is 3.94. The number of rotatable bonds is 5. The normalized spacial score (nSPS) is 33.1. The van der Waals surface area contributed by atoms with Gasteiger partial charge in [-0.3, -0.25) is 14.4 Å². The van der Waals surface area contributed by atoms with Crippen molar-refractivity contribution in [2.45, 2.75) is 55.2 Å². The van der Waals surface area contributed by atoms with Gasteiger partial charge in [0, 0.05) is 17.0 Å². The van der Waals surface area contributed by atoms with E-state index in [2.05, 4.69) is 0 Å². The molecule has 40 heavy (non-hydrogen) atoms. The summed E-state index contributed by atoms with van der Waals surface area (Å²) in [5.74, 6) is -2.40. The topological polar surface area (TPSA) is 87.2 Å². The Labute approximate surface area is 239 Å². The highest BCUT2D eigenvalue weighted by Crippen LogP contribution is 2.65. The smallest absolute Gasteiger partial charge is 0.311 e. The first kappa shape index (κ1) is 27.1. The van der Waals surface area contributed by atoms with Crippen molar-refractivity contribution in [1.29, 1.82) is 0 Å². The molecule has 4 aliphatic rings. The molecule has 4 heterocycles. The first-order valence-electron chi connectivity index (χ1n) is 14.2. The highest BCUT2D eigenvalue weighted by molar-refractivity contribution is 8.02. The molecule has 0 aliphatic carbocycles. The van der Waals surface area contributed by atoms with Crippen molar-refractivity contribution in [1.82, 2.24) is 4.90 Å². The quantitative estimate of drug-likeness (QED) is 0.433. The van der Waals surface area contributed by atoms with Gasteiger partial charge < -0.3 is 19.6 Å². The number of cyclic esters (lactones) is 1. The molecule has 1 N–H and O–H groups in total. The van der Waals surface area contributed by atoms with Crippen LogP contribution in [0.5, 0.6) is 0 Å². The van der Waals surface area contributed by atoms with Gasteiger partial charge in [-0.15, -0.1) is 11.8 Å². The minimum absolute atomic E-state index is 0.0421. The maximum atomic E-state index is 14.8. The van der Waals surface area contributed by atoms with Crippen LogP contribution >= 0.6 is 11.8 Å². The Kier molecular flexibility index (Phi) is 6.82. The maximum Gasteiger partial charge on any atom is 0.311 e. The number of carbonyl (C=O) groups excluding carboxylic acids is 3. The molecule has 2 amide bonds. The summed E-state index contributed by atoms with van der Waals surface area (Å²) >= 11 is 1.53. The number of amides is 2. The summed E-state index contributed by atoms with van der Waals surface area (Å²) in [6.07, 6.45) is 9.37. The van der Waals surface area contributed by atoms with Gasteiger partial charge in [-0.05, 0) is 42.2 Å². The number of benzene rings is 2. The van der Waals surface area contributed by atoms with E-state index in [4.69, 9.17) is 4.74 Å². The lowest BCUT2D eigenvalue weighted by Gasteiger charge is -2.41. The predicted molar refractivity (Wildman–Crippen MR) is 157 cm³/mol. The van der Waals surface area contributed by atoms with Gasteiger partial charge in [-0.2, -0.15) is 0 Å². The standard InChI is InChI=1S/C32H36N2O5S/c1-4-20(2)24(19-35)34-27-29(37)33(23-13-12-21-10-5-6-11-22(21)18-23)16-9-15-32(27)25(28(34)36)26-30(38)39-17-8-7-14-31(26,3)40-32/h5-7,9-15,18,20,24-27,35H,4,8,16-17,19H2,1-3H3/t20-,24-,25-,26-,27?,31+,32-/m0/s1. The zero-order valence-corrected chi connectivity index (χ0v) is 24.0. The number of carbonyl (C=O) groups is 3. The lowest BCUT2D eigenvalue weighted by molar-refractivity contribution is -0.155. The van der Waals surface area contributed by atoms with E-state index in [0.717, 1.165) is 22.9 Å². The number of ether oxygens (including phenoxy) is 1. The Bertz CT molecular complexity index is 1420. The maximum absolute atomic E-state index is 14.8. The van der Waals surface area contributed by atoms with Gasteiger partial charge in [0.05, 0.1) is 35.8 Å². The zero-order valence-electron chi connectivity index (χ0n) is 23.2. The Balaban J connectivity index is 1.52. The Morgan fingerprint density at radius 1 is 1.05 bits per heavy atom. The van der Waals surface area contributed by atoms with E-state index in [1.54, 1.807) is 9.80 Å². The lowest BCUT2D eigenvalue weighted by atomic mass is 9.74. The predicted octanol–water partition coefficient (Wildman–Crippen LogP) is 4.34. The zero-order chi connectivity index (χ0) is 28.2. The van der Waals surface area contributed by atoms with Crippen LogP contribution in [0.25, 0.3) is 10.8 Å². The van der Waals surface area contributed by atoms with Crippen molar-refractivity contribution in [3.63, 3.8) is 0 Å². The minimum atomic E-state index is -0.978. The first-order valence-corrected chi connectivity index (χ1v) is 15.0. The minimum Gasteiger partial charge on any atom is -0.465 e. The fourth-order valence-corrected chi connectivity index (χ4v) is 9.31. The third-order valence-corrected chi connectivity index (χ3v) is 11.1. The van der Waals surface area contributed by atoms with Crippen LogP contribution in [0.3, 0.4) is 0 Å². The van der Waals surface area contributed by atoms with E-state index in [0.29, 0.717) is 13.0 Å². The van der Waals surface area contributed by atoms with Crippen LogP contribution < -0.4 is 4.90 Å². The van der Waals surface area contributed by atoms with Crippen molar-refractivity contribution in [3.8, 4) is 0 Å². The molecule has 7 nitrogen and oxygen atoms in total. The van der Waals surface area contributed by atoms with Gasteiger partial charge in [0.1, 0.15) is 6.04 Å². The van der Waals surface area contributed by atoms with E-state index >= 15 is 0 Å². The number of esters is 1. The van der Waals surface area contributed by atoms with E-state index in [1.165, 1.54) is 11.8 Å². The largest absolute Gasteiger partial charge is 0.465 e. The molecule has 4 aliphatic heterocycles. The second-order valence-corrected chi connectivity index (χ2v) is 13.4. The highest BCUT2D eigenvalue weighted by atomic mass is 32.2. The van der Waals surface area contributed by atoms with Crippen LogP contribution in [-0.2, 0) is 19.1 Å². The highest BCUT2D eigenvalue weighted by Gasteiger charge is 2.74. The molecule has 2 saturated heterocycles. The molecular weight excluding hydrogens is 524 g/mol. The average molecular weight is 561 g/mol. The fraction of sp³-hybridized carbons (Fsp3) is 0.469. The van der Waals surface area contributed by atoms with E-state index < -0.39 is 39.4 Å². The molecule has 0 aromatic heterocycles. The number of hydrogen-bond donors (Lipinski definition) is 1. The molecule has 6 rings (SSSR count). The van der Waals surface area contributed by atoms with E-state index in [1.807, 2.05) is 87.5 Å². The van der Waals surface area contributed by atoms with Gasteiger partial charge in [-0.25, -0.2) is 0 Å². The molecule has 0 bridgehead atoms. The second-order valence-electron chi connectivity index (χ2n) is 11.6. The van der Waals surface area contributed by atoms with Gasteiger partial charge in [-0.1, -0.05) is 74.9 Å². The summed E-state index contributed by atoms with van der Waals surface area (Å²) in [5.41, 5.74) is 0.755. The average Bonchev–Trinajstić information content (AvgIpc) is 3.27. The summed E-state index contributed by atoms with van der Waals surface area (Å²) in [7, 11) is 0. The van der Waals surface area contributed by atoms with E-state index in [-0.39, 0.29) is 30.9 Å². The number of aliphatic hydroxyl groups excluding tert-OH is 1. The molecule has 0 radical (unpaired) electrons. The molecule has 7 atom stereocenters. The Hall–Kier alpha value is -3.10. The van der Waals surface area contributed by atoms with Crippen molar-refractivity contribution in [2.75, 3.05) is 24.7 Å². The van der Waals surface area contributed by atoms with Crippen LogP contribution in [0.4, 0.5) is 5.69 Å². The molecule has 1 unspecified atom stereocenters.